The lowest BCUT2D eigenvalue weighted by Crippen LogP contribution is -2.37. The number of aryl methyl sites for hydroxylation is 1. The SMILES string of the molecule is Cc1ccc(SC(CNC2CCC(C)CC2)CC(N=O)c2ccc(C(C)(C)C)cc2)cc1. The molecule has 0 aliphatic heterocycles. The Kier molecular flexibility index (Phi) is 8.95. The fraction of sp³-hybridized carbons (Fsp3) is 0.571. The van der Waals surface area contributed by atoms with Crippen molar-refractivity contribution in [2.45, 2.75) is 94.4 Å². The standard InChI is InChI=1S/C28H40N2OS/c1-20-6-14-24(15-7-20)29-19-26(32-25-16-8-21(2)9-17-25)18-27(30-31)22-10-12-23(13-11-22)28(3,4)5/h8-13,16-17,20,24,26-27,29H,6-7,14-15,18-19H2,1-5H3. The zero-order valence-electron chi connectivity index (χ0n) is 20.4. The van der Waals surface area contributed by atoms with E-state index < -0.39 is 0 Å². The van der Waals surface area contributed by atoms with Gasteiger partial charge in [0.25, 0.3) is 0 Å². The molecule has 1 N–H and O–H groups in total. The van der Waals surface area contributed by atoms with Gasteiger partial charge >= 0.3 is 0 Å². The zero-order valence-corrected chi connectivity index (χ0v) is 21.3. The molecule has 0 amide bonds. The maximum absolute atomic E-state index is 11.9. The van der Waals surface area contributed by atoms with Gasteiger partial charge in [-0.1, -0.05) is 74.8 Å². The molecule has 0 saturated heterocycles. The predicted octanol–water partition coefficient (Wildman–Crippen LogP) is 7.82. The molecule has 1 aliphatic rings. The van der Waals surface area contributed by atoms with Crippen LogP contribution in [0.25, 0.3) is 0 Å². The summed E-state index contributed by atoms with van der Waals surface area (Å²) in [6, 6.07) is 17.5. The quantitative estimate of drug-likeness (QED) is 0.311. The van der Waals surface area contributed by atoms with Gasteiger partial charge in [-0.3, -0.25) is 0 Å². The van der Waals surface area contributed by atoms with Crippen molar-refractivity contribution in [2.24, 2.45) is 11.1 Å². The van der Waals surface area contributed by atoms with E-state index >= 15 is 0 Å². The molecule has 0 spiro atoms. The normalized spacial score (nSPS) is 21.2. The molecule has 3 rings (SSSR count). The van der Waals surface area contributed by atoms with Crippen LogP contribution in [0.5, 0.6) is 0 Å². The topological polar surface area (TPSA) is 41.5 Å². The van der Waals surface area contributed by atoms with Crippen LogP contribution in [0.2, 0.25) is 0 Å². The van der Waals surface area contributed by atoms with Crippen LogP contribution in [0.15, 0.2) is 58.6 Å². The molecular formula is C28H40N2OS. The van der Waals surface area contributed by atoms with Crippen molar-refractivity contribution in [1.29, 1.82) is 0 Å². The van der Waals surface area contributed by atoms with E-state index in [1.54, 1.807) is 0 Å². The van der Waals surface area contributed by atoms with Crippen molar-refractivity contribution in [3.8, 4) is 0 Å². The van der Waals surface area contributed by atoms with E-state index in [2.05, 4.69) is 93.6 Å². The van der Waals surface area contributed by atoms with Crippen LogP contribution in [-0.2, 0) is 5.41 Å². The Morgan fingerprint density at radius 3 is 2.19 bits per heavy atom. The molecule has 1 saturated carbocycles. The molecule has 0 aromatic heterocycles. The summed E-state index contributed by atoms with van der Waals surface area (Å²) in [7, 11) is 0. The highest BCUT2D eigenvalue weighted by Gasteiger charge is 2.24. The highest BCUT2D eigenvalue weighted by Crippen LogP contribution is 2.34. The van der Waals surface area contributed by atoms with Crippen LogP contribution in [0.3, 0.4) is 0 Å². The maximum atomic E-state index is 11.9. The largest absolute Gasteiger partial charge is 0.313 e. The molecule has 2 unspecified atom stereocenters. The van der Waals surface area contributed by atoms with Crippen LogP contribution in [0.1, 0.15) is 82.5 Å². The zero-order chi connectivity index (χ0) is 23.1. The van der Waals surface area contributed by atoms with Crippen molar-refractivity contribution < 1.29 is 0 Å². The van der Waals surface area contributed by atoms with E-state index in [-0.39, 0.29) is 11.5 Å². The lowest BCUT2D eigenvalue weighted by Gasteiger charge is -2.29. The molecule has 174 valence electrons. The number of benzene rings is 2. The molecule has 1 fully saturated rings. The first-order valence-electron chi connectivity index (χ1n) is 12.1. The number of thioether (sulfide) groups is 1. The molecule has 2 atom stereocenters. The molecule has 1 aliphatic carbocycles. The molecule has 0 bridgehead atoms. The van der Waals surface area contributed by atoms with Crippen molar-refractivity contribution in [1.82, 2.24) is 5.32 Å². The third-order valence-electron chi connectivity index (χ3n) is 6.75. The average molecular weight is 453 g/mol. The molecule has 2 aromatic carbocycles. The first-order valence-corrected chi connectivity index (χ1v) is 13.0. The summed E-state index contributed by atoms with van der Waals surface area (Å²) in [5.74, 6) is 0.852. The lowest BCUT2D eigenvalue weighted by atomic mass is 9.86. The van der Waals surface area contributed by atoms with E-state index in [1.165, 1.54) is 41.7 Å². The lowest BCUT2D eigenvalue weighted by molar-refractivity contribution is 0.307. The summed E-state index contributed by atoms with van der Waals surface area (Å²) in [5, 5.41) is 7.67. The van der Waals surface area contributed by atoms with Gasteiger partial charge in [-0.15, -0.1) is 11.8 Å². The van der Waals surface area contributed by atoms with Gasteiger partial charge in [0.2, 0.25) is 0 Å². The van der Waals surface area contributed by atoms with Crippen molar-refractivity contribution in [3.63, 3.8) is 0 Å². The summed E-state index contributed by atoms with van der Waals surface area (Å²) < 4.78 is 0. The summed E-state index contributed by atoms with van der Waals surface area (Å²) in [6.45, 7) is 12.0. The number of hydrogen-bond acceptors (Lipinski definition) is 4. The van der Waals surface area contributed by atoms with E-state index in [0.717, 1.165) is 24.4 Å². The summed E-state index contributed by atoms with van der Waals surface area (Å²) in [5.41, 5.74) is 3.68. The molecule has 4 heteroatoms. The highest BCUT2D eigenvalue weighted by molar-refractivity contribution is 8.00. The fourth-order valence-electron chi connectivity index (χ4n) is 4.44. The third-order valence-corrected chi connectivity index (χ3v) is 7.99. The Bertz CT molecular complexity index is 833. The maximum Gasteiger partial charge on any atom is 0.118 e. The monoisotopic (exact) mass is 452 g/mol. The van der Waals surface area contributed by atoms with Gasteiger partial charge in [-0.25, -0.2) is 0 Å². The van der Waals surface area contributed by atoms with E-state index in [1.807, 2.05) is 11.8 Å². The molecule has 0 radical (unpaired) electrons. The Labute approximate surface area is 199 Å². The number of hydrogen-bond donors (Lipinski definition) is 1. The van der Waals surface area contributed by atoms with Gasteiger partial charge in [-0.2, -0.15) is 4.91 Å². The van der Waals surface area contributed by atoms with E-state index in [4.69, 9.17) is 0 Å². The molecule has 3 nitrogen and oxygen atoms in total. The summed E-state index contributed by atoms with van der Waals surface area (Å²) in [6.07, 6.45) is 5.88. The minimum Gasteiger partial charge on any atom is -0.313 e. The Balaban J connectivity index is 1.70. The Hall–Kier alpha value is -1.65. The van der Waals surface area contributed by atoms with Crippen LogP contribution in [0, 0.1) is 17.7 Å². The number of nitrogens with one attached hydrogen (secondary N) is 1. The summed E-state index contributed by atoms with van der Waals surface area (Å²) >= 11 is 1.87. The smallest absolute Gasteiger partial charge is 0.118 e. The Morgan fingerprint density at radius 1 is 1.00 bits per heavy atom. The Morgan fingerprint density at radius 2 is 1.62 bits per heavy atom. The minimum atomic E-state index is -0.319. The van der Waals surface area contributed by atoms with E-state index in [0.29, 0.717) is 11.3 Å². The number of nitrogens with zero attached hydrogens (tertiary/aromatic N) is 1. The van der Waals surface area contributed by atoms with Gasteiger partial charge in [0.1, 0.15) is 6.04 Å². The first kappa shape index (κ1) is 25.0. The minimum absolute atomic E-state index is 0.105. The summed E-state index contributed by atoms with van der Waals surface area (Å²) in [4.78, 5) is 13.1. The first-order chi connectivity index (χ1) is 15.2. The van der Waals surface area contributed by atoms with Crippen LogP contribution >= 0.6 is 11.8 Å². The van der Waals surface area contributed by atoms with Crippen LogP contribution in [-0.4, -0.2) is 17.8 Å². The van der Waals surface area contributed by atoms with Crippen LogP contribution in [0.4, 0.5) is 0 Å². The van der Waals surface area contributed by atoms with Gasteiger partial charge < -0.3 is 5.32 Å². The van der Waals surface area contributed by atoms with Gasteiger partial charge in [0.15, 0.2) is 0 Å². The number of rotatable bonds is 9. The molecule has 0 heterocycles. The van der Waals surface area contributed by atoms with Crippen molar-refractivity contribution in [2.75, 3.05) is 6.54 Å². The van der Waals surface area contributed by atoms with Gasteiger partial charge in [0.05, 0.1) is 0 Å². The molecular weight excluding hydrogens is 412 g/mol. The molecule has 32 heavy (non-hydrogen) atoms. The van der Waals surface area contributed by atoms with Gasteiger partial charge in [-0.05, 0) is 73.6 Å². The highest BCUT2D eigenvalue weighted by atomic mass is 32.2. The predicted molar refractivity (Wildman–Crippen MR) is 139 cm³/mol. The second-order valence-corrected chi connectivity index (χ2v) is 12.0. The average Bonchev–Trinajstić information content (AvgIpc) is 2.77. The second-order valence-electron chi connectivity index (χ2n) is 10.6. The molecule has 2 aromatic rings. The van der Waals surface area contributed by atoms with Crippen molar-refractivity contribution in [3.05, 3.63) is 70.1 Å². The number of nitroso groups, excluding NO2 is 1. The third kappa shape index (κ3) is 7.45. The van der Waals surface area contributed by atoms with Crippen LogP contribution < -0.4 is 5.32 Å². The van der Waals surface area contributed by atoms with Gasteiger partial charge in [0, 0.05) is 22.7 Å². The van der Waals surface area contributed by atoms with Crippen molar-refractivity contribution >= 4 is 11.8 Å². The second kappa shape index (κ2) is 11.5. The van der Waals surface area contributed by atoms with E-state index in [9.17, 15) is 4.91 Å². The fourth-order valence-corrected chi connectivity index (χ4v) is 5.58.